The van der Waals surface area contributed by atoms with Gasteiger partial charge >= 0.3 is 0 Å². The zero-order chi connectivity index (χ0) is 18.7. The van der Waals surface area contributed by atoms with Crippen LogP contribution < -0.4 is 5.43 Å². The number of rotatable bonds is 5. The van der Waals surface area contributed by atoms with Crippen molar-refractivity contribution in [3.05, 3.63) is 28.3 Å². The average molecular weight is 380 g/mol. The smallest absolute Gasteiger partial charge is 0.272 e. The minimum Gasteiger partial charge on any atom is -0.272 e. The molecule has 142 valence electrons. The lowest BCUT2D eigenvalue weighted by Crippen LogP contribution is -2.27. The van der Waals surface area contributed by atoms with Crippen LogP contribution in [0.1, 0.15) is 45.4 Å². The molecule has 26 heavy (non-hydrogen) atoms. The number of anilines is 1. The van der Waals surface area contributed by atoms with Crippen molar-refractivity contribution >= 4 is 27.1 Å². The Hall–Kier alpha value is -2.00. The lowest BCUT2D eigenvalue weighted by Gasteiger charge is -2.19. The summed E-state index contributed by atoms with van der Waals surface area (Å²) in [6, 6.07) is 3.96. The van der Waals surface area contributed by atoms with Crippen molar-refractivity contribution < 1.29 is 13.3 Å². The Morgan fingerprint density at radius 1 is 1.27 bits per heavy atom. The zero-order valence-electron chi connectivity index (χ0n) is 14.8. The highest BCUT2D eigenvalue weighted by atomic mass is 32.2. The van der Waals surface area contributed by atoms with E-state index in [2.05, 4.69) is 17.5 Å². The van der Waals surface area contributed by atoms with E-state index in [4.69, 9.17) is 0 Å². The molecule has 0 spiro atoms. The third-order valence-corrected chi connectivity index (χ3v) is 6.84. The lowest BCUT2D eigenvalue weighted by molar-refractivity contribution is -0.384. The number of nitrogens with zero attached hydrogens (tertiary/aromatic N) is 3. The molecule has 9 heteroatoms. The molecule has 8 nitrogen and oxygen atoms in total. The van der Waals surface area contributed by atoms with Gasteiger partial charge in [0, 0.05) is 24.9 Å². The normalized spacial score (nSPS) is 23.3. The first-order valence-corrected chi connectivity index (χ1v) is 10.4. The number of benzene rings is 1. The van der Waals surface area contributed by atoms with Crippen molar-refractivity contribution in [3.63, 3.8) is 0 Å². The summed E-state index contributed by atoms with van der Waals surface area (Å²) in [4.78, 5) is 10.8. The van der Waals surface area contributed by atoms with E-state index >= 15 is 0 Å². The maximum absolute atomic E-state index is 12.6. The Balaban J connectivity index is 1.85. The highest BCUT2D eigenvalue weighted by molar-refractivity contribution is 7.89. The number of sulfonamides is 1. The third kappa shape index (κ3) is 4.04. The van der Waals surface area contributed by atoms with Gasteiger partial charge in [-0.1, -0.05) is 6.92 Å². The molecule has 3 rings (SSSR count). The molecule has 0 amide bonds. The van der Waals surface area contributed by atoms with Gasteiger partial charge < -0.3 is 0 Å². The lowest BCUT2D eigenvalue weighted by atomic mass is 9.89. The van der Waals surface area contributed by atoms with Gasteiger partial charge in [0.1, 0.15) is 5.69 Å². The average Bonchev–Trinajstić information content (AvgIpc) is 3.15. The first-order valence-electron chi connectivity index (χ1n) is 8.98. The van der Waals surface area contributed by atoms with Crippen molar-refractivity contribution in [2.24, 2.45) is 11.0 Å². The summed E-state index contributed by atoms with van der Waals surface area (Å²) in [5.74, 6) is 0.562. The van der Waals surface area contributed by atoms with E-state index in [1.165, 1.54) is 22.9 Å². The Kier molecular flexibility index (Phi) is 5.57. The number of hydrazone groups is 1. The first-order chi connectivity index (χ1) is 12.4. The van der Waals surface area contributed by atoms with E-state index < -0.39 is 14.9 Å². The summed E-state index contributed by atoms with van der Waals surface area (Å²) in [5.41, 5.74) is 3.69. The molecule has 1 saturated carbocycles. The Morgan fingerprint density at radius 2 is 2.00 bits per heavy atom. The Bertz CT molecular complexity index is 816. The maximum atomic E-state index is 12.6. The summed E-state index contributed by atoms with van der Waals surface area (Å²) in [5, 5.41) is 15.8. The fourth-order valence-corrected chi connectivity index (χ4v) is 5.03. The minimum atomic E-state index is -3.69. The molecule has 1 aromatic carbocycles. The van der Waals surface area contributed by atoms with Gasteiger partial charge in [0.25, 0.3) is 5.69 Å². The molecule has 0 bridgehead atoms. The van der Waals surface area contributed by atoms with Crippen molar-refractivity contribution in [2.75, 3.05) is 18.5 Å². The fraction of sp³-hybridized carbons (Fsp3) is 0.588. The predicted molar refractivity (Wildman–Crippen MR) is 99.8 cm³/mol. The number of nitrogens with one attached hydrogen (secondary N) is 1. The second-order valence-corrected chi connectivity index (χ2v) is 8.98. The predicted octanol–water partition coefficient (Wildman–Crippen LogP) is 3.36. The van der Waals surface area contributed by atoms with Crippen molar-refractivity contribution in [2.45, 2.75) is 50.3 Å². The van der Waals surface area contributed by atoms with Gasteiger partial charge in [-0.2, -0.15) is 9.41 Å². The molecule has 1 N–H and O–H groups in total. The summed E-state index contributed by atoms with van der Waals surface area (Å²) in [6.45, 7) is 3.08. The second-order valence-electron chi connectivity index (χ2n) is 7.04. The highest BCUT2D eigenvalue weighted by Gasteiger charge is 2.29. The van der Waals surface area contributed by atoms with E-state index in [1.807, 2.05) is 0 Å². The number of hydrogen-bond acceptors (Lipinski definition) is 6. The molecule has 1 aliphatic heterocycles. The van der Waals surface area contributed by atoms with Crippen molar-refractivity contribution in [3.8, 4) is 0 Å². The summed E-state index contributed by atoms with van der Waals surface area (Å²) in [6.07, 6.45) is 5.63. The molecule has 2 aliphatic rings. The van der Waals surface area contributed by atoms with Gasteiger partial charge in [-0.15, -0.1) is 0 Å². The third-order valence-electron chi connectivity index (χ3n) is 4.95. The summed E-state index contributed by atoms with van der Waals surface area (Å²) in [7, 11) is -3.69. The topological polar surface area (TPSA) is 105 Å². The van der Waals surface area contributed by atoms with Crippen LogP contribution in [-0.4, -0.2) is 36.4 Å². The molecule has 2 fully saturated rings. The molecule has 0 aromatic heterocycles. The molecule has 1 saturated heterocycles. The van der Waals surface area contributed by atoms with Gasteiger partial charge in [0.05, 0.1) is 9.82 Å². The van der Waals surface area contributed by atoms with E-state index in [0.717, 1.165) is 43.9 Å². The molecule has 1 aliphatic carbocycles. The number of nitro groups is 1. The van der Waals surface area contributed by atoms with Gasteiger partial charge in [-0.25, -0.2) is 8.42 Å². The van der Waals surface area contributed by atoms with Crippen LogP contribution in [0.3, 0.4) is 0 Å². The largest absolute Gasteiger partial charge is 0.295 e. The van der Waals surface area contributed by atoms with Gasteiger partial charge in [-0.05, 0) is 56.6 Å². The van der Waals surface area contributed by atoms with Crippen LogP contribution >= 0.6 is 0 Å². The molecular formula is C17H24N4O4S. The molecule has 1 heterocycles. The zero-order valence-corrected chi connectivity index (χ0v) is 15.7. The van der Waals surface area contributed by atoms with Crippen LogP contribution in [-0.2, 0) is 10.0 Å². The molecule has 0 radical (unpaired) electrons. The highest BCUT2D eigenvalue weighted by Crippen LogP contribution is 2.30. The van der Waals surface area contributed by atoms with Crippen LogP contribution in [0.25, 0.3) is 0 Å². The summed E-state index contributed by atoms with van der Waals surface area (Å²) < 4.78 is 26.6. The van der Waals surface area contributed by atoms with E-state index in [1.54, 1.807) is 0 Å². The quantitative estimate of drug-likeness (QED) is 0.623. The van der Waals surface area contributed by atoms with Gasteiger partial charge in [0.15, 0.2) is 0 Å². The monoisotopic (exact) mass is 380 g/mol. The minimum absolute atomic E-state index is 0.0457. The van der Waals surface area contributed by atoms with Crippen molar-refractivity contribution in [1.82, 2.24) is 4.31 Å². The van der Waals surface area contributed by atoms with Gasteiger partial charge in [0.2, 0.25) is 10.0 Å². The van der Waals surface area contributed by atoms with Crippen LogP contribution in [0.15, 0.2) is 28.2 Å². The Labute approximate surface area is 153 Å². The van der Waals surface area contributed by atoms with E-state index in [9.17, 15) is 18.5 Å². The standard InChI is InChI=1S/C17H24N4O4S/c1-13-5-4-6-14(11-13)18-19-16-8-7-15(12-17(16)21(22)23)26(24,25)20-9-2-3-10-20/h7-8,12-13,19H,2-6,9-11H2,1H3/b18-14+/t13-/m0/s1. The fourth-order valence-electron chi connectivity index (χ4n) is 3.50. The Morgan fingerprint density at radius 3 is 2.65 bits per heavy atom. The summed E-state index contributed by atoms with van der Waals surface area (Å²) >= 11 is 0. The van der Waals surface area contributed by atoms with Crippen molar-refractivity contribution in [1.29, 1.82) is 0 Å². The number of nitro benzene ring substituents is 1. The van der Waals surface area contributed by atoms with Gasteiger partial charge in [-0.3, -0.25) is 15.5 Å². The van der Waals surface area contributed by atoms with Crippen LogP contribution in [0.4, 0.5) is 11.4 Å². The van der Waals surface area contributed by atoms with Crippen LogP contribution in [0.5, 0.6) is 0 Å². The molecular weight excluding hydrogens is 356 g/mol. The maximum Gasteiger partial charge on any atom is 0.295 e. The number of hydrogen-bond donors (Lipinski definition) is 1. The second kappa shape index (κ2) is 7.71. The molecule has 0 unspecified atom stereocenters. The molecule has 1 atom stereocenters. The first kappa shape index (κ1) is 18.8. The molecule has 1 aromatic rings. The van der Waals surface area contributed by atoms with Crippen LogP contribution in [0, 0.1) is 16.0 Å². The van der Waals surface area contributed by atoms with E-state index in [-0.39, 0.29) is 16.3 Å². The SMILES string of the molecule is C[C@H]1CCC/C(=N\Nc2ccc(S(=O)(=O)N3CCCC3)cc2[N+](=O)[O-])C1. The van der Waals surface area contributed by atoms with E-state index in [0.29, 0.717) is 19.0 Å². The van der Waals surface area contributed by atoms with Crippen LogP contribution in [0.2, 0.25) is 0 Å².